The van der Waals surface area contributed by atoms with Gasteiger partial charge >= 0.3 is 15.3 Å². The molecule has 0 saturated carbocycles. The minimum atomic E-state index is -3.96. The average molecular weight is 532 g/mol. The highest BCUT2D eigenvalue weighted by Crippen LogP contribution is 2.60. The third-order valence-corrected chi connectivity index (χ3v) is 9.14. The number of ether oxygens (including phenoxy) is 4. The second-order valence-electron chi connectivity index (χ2n) is 8.71. The summed E-state index contributed by atoms with van der Waals surface area (Å²) in [6, 6.07) is 0. The molecule has 202 valence electrons. The molecule has 2 fully saturated rings. The van der Waals surface area contributed by atoms with E-state index < -0.39 is 51.5 Å². The zero-order chi connectivity index (χ0) is 25.4. The normalized spacial score (nSPS) is 27.7. The van der Waals surface area contributed by atoms with Gasteiger partial charge in [-0.3, -0.25) is 13.6 Å². The van der Waals surface area contributed by atoms with Gasteiger partial charge in [-0.1, -0.05) is 27.7 Å². The van der Waals surface area contributed by atoms with Crippen LogP contribution in [0, 0.1) is 0 Å². The predicted octanol–water partition coefficient (Wildman–Crippen LogP) is 4.80. The third kappa shape index (κ3) is 7.80. The van der Waals surface area contributed by atoms with Crippen LogP contribution < -0.4 is 5.09 Å². The topological polar surface area (TPSA) is 120 Å². The summed E-state index contributed by atoms with van der Waals surface area (Å²) in [4.78, 5) is 0. The molecule has 2 rings (SSSR count). The SMILES string of the molecule is CCCOP(=O)(NC([C@H]1O[C@@H](OC)[C@@H]2OC(C)(C)O[C@@H]21)P(=O)(OCCC)OCCC)OCCC. The van der Waals surface area contributed by atoms with Crippen molar-refractivity contribution in [3.05, 3.63) is 0 Å². The molecule has 2 heterocycles. The number of hydrogen-bond acceptors (Lipinski definition) is 10. The Balaban J connectivity index is 2.49. The molecule has 11 nitrogen and oxygen atoms in total. The van der Waals surface area contributed by atoms with Gasteiger partial charge in [0.2, 0.25) is 0 Å². The summed E-state index contributed by atoms with van der Waals surface area (Å²) in [7, 11) is -6.39. The van der Waals surface area contributed by atoms with Crippen molar-refractivity contribution in [2.45, 2.75) is 103 Å². The number of hydrogen-bond donors (Lipinski definition) is 1. The third-order valence-electron chi connectivity index (χ3n) is 5.10. The van der Waals surface area contributed by atoms with Gasteiger partial charge in [0.05, 0.1) is 26.4 Å². The van der Waals surface area contributed by atoms with Gasteiger partial charge in [0.1, 0.15) is 24.1 Å². The number of methoxy groups -OCH3 is 1. The standard InChI is InChI=1S/C21H43NO10P2/c1-8-12-26-33(23,27-13-9-2)19(22-34(24,28-14-10-3)29-15-11-4)17-16-18(20(25-7)30-17)32-21(5,6)31-16/h16-20H,8-15H2,1-7H3,(H,22,24)/t16-,17+,18-,19?,20-/m1/s1. The lowest BCUT2D eigenvalue weighted by molar-refractivity contribution is -0.227. The molecule has 0 amide bonds. The molecule has 2 aliphatic heterocycles. The van der Waals surface area contributed by atoms with Gasteiger partial charge in [-0.2, -0.15) is 0 Å². The zero-order valence-electron chi connectivity index (χ0n) is 21.5. The van der Waals surface area contributed by atoms with Crippen LogP contribution in [0.25, 0.3) is 0 Å². The average Bonchev–Trinajstić information content (AvgIpc) is 3.30. The summed E-state index contributed by atoms with van der Waals surface area (Å²) < 4.78 is 74.4. The molecule has 34 heavy (non-hydrogen) atoms. The minimum Gasteiger partial charge on any atom is -0.353 e. The fraction of sp³-hybridized carbons (Fsp3) is 1.00. The molecule has 2 aliphatic rings. The summed E-state index contributed by atoms with van der Waals surface area (Å²) in [5, 5.41) is 2.87. The molecule has 0 bridgehead atoms. The second kappa shape index (κ2) is 13.6. The molecule has 5 atom stereocenters. The lowest BCUT2D eigenvalue weighted by Crippen LogP contribution is -2.46. The van der Waals surface area contributed by atoms with Crippen LogP contribution in [0.15, 0.2) is 0 Å². The van der Waals surface area contributed by atoms with Crippen LogP contribution in [0.5, 0.6) is 0 Å². The van der Waals surface area contributed by atoms with Crippen LogP contribution in [0.3, 0.4) is 0 Å². The Morgan fingerprint density at radius 1 is 0.824 bits per heavy atom. The van der Waals surface area contributed by atoms with Gasteiger partial charge in [0, 0.05) is 7.11 Å². The van der Waals surface area contributed by atoms with E-state index in [2.05, 4.69) is 5.09 Å². The maximum Gasteiger partial charge on any atom is 0.406 e. The molecule has 0 aromatic heterocycles. The second-order valence-corrected chi connectivity index (χ2v) is 12.6. The lowest BCUT2D eigenvalue weighted by atomic mass is 10.1. The van der Waals surface area contributed by atoms with Gasteiger partial charge in [-0.25, -0.2) is 9.65 Å². The first-order valence-corrected chi connectivity index (χ1v) is 15.3. The number of fused-ring (bicyclic) bond motifs is 1. The Bertz CT molecular complexity index is 685. The van der Waals surface area contributed by atoms with Gasteiger partial charge in [-0.15, -0.1) is 0 Å². The Labute approximate surface area is 203 Å². The van der Waals surface area contributed by atoms with Crippen molar-refractivity contribution in [2.75, 3.05) is 33.5 Å². The fourth-order valence-corrected chi connectivity index (χ4v) is 8.09. The van der Waals surface area contributed by atoms with Crippen molar-refractivity contribution < 1.29 is 46.2 Å². The first kappa shape index (κ1) is 30.3. The molecule has 1 unspecified atom stereocenters. The monoisotopic (exact) mass is 531 g/mol. The van der Waals surface area contributed by atoms with Crippen LogP contribution in [0.2, 0.25) is 0 Å². The van der Waals surface area contributed by atoms with E-state index in [0.29, 0.717) is 25.7 Å². The van der Waals surface area contributed by atoms with E-state index in [9.17, 15) is 9.13 Å². The summed E-state index contributed by atoms with van der Waals surface area (Å²) >= 11 is 0. The largest absolute Gasteiger partial charge is 0.406 e. The molecule has 0 aromatic rings. The highest BCUT2D eigenvalue weighted by molar-refractivity contribution is 7.57. The minimum absolute atomic E-state index is 0.173. The first-order chi connectivity index (χ1) is 16.1. The van der Waals surface area contributed by atoms with E-state index in [1.54, 1.807) is 13.8 Å². The van der Waals surface area contributed by atoms with Crippen molar-refractivity contribution in [1.29, 1.82) is 0 Å². The Morgan fingerprint density at radius 2 is 1.29 bits per heavy atom. The molecular formula is C21H43NO10P2. The maximum absolute atomic E-state index is 14.2. The highest BCUT2D eigenvalue weighted by Gasteiger charge is 2.62. The smallest absolute Gasteiger partial charge is 0.353 e. The van der Waals surface area contributed by atoms with Crippen molar-refractivity contribution >= 4 is 15.3 Å². The molecule has 0 aliphatic carbocycles. The summed E-state index contributed by atoms with van der Waals surface area (Å²) in [5.74, 6) is -2.14. The molecule has 0 radical (unpaired) electrons. The molecule has 0 aromatic carbocycles. The molecule has 2 saturated heterocycles. The quantitative estimate of drug-likeness (QED) is 0.261. The van der Waals surface area contributed by atoms with E-state index in [4.69, 9.17) is 37.0 Å². The zero-order valence-corrected chi connectivity index (χ0v) is 23.3. The van der Waals surface area contributed by atoms with Crippen molar-refractivity contribution in [1.82, 2.24) is 5.09 Å². The first-order valence-electron chi connectivity index (χ1n) is 12.2. The van der Waals surface area contributed by atoms with E-state index in [0.717, 1.165) is 0 Å². The van der Waals surface area contributed by atoms with Gasteiger partial charge in [0.25, 0.3) is 0 Å². The fourth-order valence-electron chi connectivity index (χ4n) is 3.69. The molecule has 1 N–H and O–H groups in total. The lowest BCUT2D eigenvalue weighted by Gasteiger charge is -2.35. The van der Waals surface area contributed by atoms with Gasteiger partial charge in [0.15, 0.2) is 12.1 Å². The van der Waals surface area contributed by atoms with Crippen molar-refractivity contribution in [3.8, 4) is 0 Å². The summed E-state index contributed by atoms with van der Waals surface area (Å²) in [6.45, 7) is 11.8. The number of nitrogens with one attached hydrogen (secondary N) is 1. The Hall–Kier alpha value is 0.1000. The highest BCUT2D eigenvalue weighted by atomic mass is 31.2. The van der Waals surface area contributed by atoms with E-state index in [1.165, 1.54) is 7.11 Å². The molecule has 0 spiro atoms. The summed E-state index contributed by atoms with van der Waals surface area (Å²) in [6.07, 6.45) is -0.576. The number of rotatable bonds is 17. The van der Waals surface area contributed by atoms with Crippen LogP contribution >= 0.6 is 15.3 Å². The summed E-state index contributed by atoms with van der Waals surface area (Å²) in [5.41, 5.74) is 0. The van der Waals surface area contributed by atoms with Crippen LogP contribution in [-0.2, 0) is 46.2 Å². The van der Waals surface area contributed by atoms with Gasteiger partial charge in [-0.05, 0) is 39.5 Å². The van der Waals surface area contributed by atoms with E-state index in [-0.39, 0.29) is 26.4 Å². The Morgan fingerprint density at radius 3 is 1.76 bits per heavy atom. The molecular weight excluding hydrogens is 488 g/mol. The van der Waals surface area contributed by atoms with Crippen LogP contribution in [0.1, 0.15) is 67.2 Å². The molecule has 13 heteroatoms. The van der Waals surface area contributed by atoms with E-state index >= 15 is 0 Å². The maximum atomic E-state index is 14.2. The Kier molecular flexibility index (Phi) is 12.1. The van der Waals surface area contributed by atoms with Crippen LogP contribution in [-0.4, -0.2) is 69.7 Å². The van der Waals surface area contributed by atoms with E-state index in [1.807, 2.05) is 27.7 Å². The predicted molar refractivity (Wildman–Crippen MR) is 127 cm³/mol. The van der Waals surface area contributed by atoms with Gasteiger partial charge < -0.3 is 28.0 Å². The van der Waals surface area contributed by atoms with Crippen LogP contribution in [0.4, 0.5) is 0 Å². The van der Waals surface area contributed by atoms with Crippen molar-refractivity contribution in [2.24, 2.45) is 0 Å². The van der Waals surface area contributed by atoms with Crippen molar-refractivity contribution in [3.63, 3.8) is 0 Å².